The molecule has 148 valence electrons. The fraction of sp³-hybridized carbons (Fsp3) is 0.273. The van der Waals surface area contributed by atoms with Crippen molar-refractivity contribution >= 4 is 17.6 Å². The molecule has 0 aliphatic carbocycles. The fourth-order valence-corrected chi connectivity index (χ4v) is 2.59. The summed E-state index contributed by atoms with van der Waals surface area (Å²) in [6.45, 7) is 6.86. The van der Waals surface area contributed by atoms with Crippen LogP contribution in [0.25, 0.3) is 0 Å². The smallest absolute Gasteiger partial charge is 0.344 e. The normalized spacial score (nSPS) is 10.1. The van der Waals surface area contributed by atoms with E-state index in [9.17, 15) is 9.59 Å². The second kappa shape index (κ2) is 10.2. The van der Waals surface area contributed by atoms with E-state index >= 15 is 0 Å². The number of esters is 1. The van der Waals surface area contributed by atoms with Gasteiger partial charge in [0.05, 0.1) is 7.11 Å². The monoisotopic (exact) mass is 383 g/mol. The predicted molar refractivity (Wildman–Crippen MR) is 108 cm³/mol. The van der Waals surface area contributed by atoms with E-state index in [1.807, 2.05) is 44.2 Å². The molecule has 2 rings (SSSR count). The maximum Gasteiger partial charge on any atom is 0.344 e. The predicted octanol–water partition coefficient (Wildman–Crippen LogP) is 3.60. The van der Waals surface area contributed by atoms with Crippen LogP contribution in [0.4, 0.5) is 5.69 Å². The van der Waals surface area contributed by atoms with Crippen LogP contribution in [-0.2, 0) is 20.7 Å². The molecule has 0 unspecified atom stereocenters. The van der Waals surface area contributed by atoms with Gasteiger partial charge >= 0.3 is 5.97 Å². The first-order valence-electron chi connectivity index (χ1n) is 8.86. The van der Waals surface area contributed by atoms with Crippen LogP contribution < -0.4 is 14.8 Å². The van der Waals surface area contributed by atoms with Crippen molar-refractivity contribution < 1.29 is 23.8 Å². The highest BCUT2D eigenvalue weighted by Crippen LogP contribution is 2.28. The van der Waals surface area contributed by atoms with Gasteiger partial charge in [0.2, 0.25) is 0 Å². The second-order valence-electron chi connectivity index (χ2n) is 6.29. The highest BCUT2D eigenvalue weighted by molar-refractivity contribution is 5.93. The van der Waals surface area contributed by atoms with Crippen LogP contribution in [-0.4, -0.2) is 32.2 Å². The number of anilines is 1. The van der Waals surface area contributed by atoms with E-state index in [4.69, 9.17) is 14.2 Å². The molecule has 0 aromatic heterocycles. The Labute approximate surface area is 165 Å². The first kappa shape index (κ1) is 21.0. The Balaban J connectivity index is 1.82. The third-order valence-electron chi connectivity index (χ3n) is 3.97. The van der Waals surface area contributed by atoms with Gasteiger partial charge in [-0.05, 0) is 49.6 Å². The molecule has 0 bridgehead atoms. The molecular weight excluding hydrogens is 358 g/mol. The van der Waals surface area contributed by atoms with Gasteiger partial charge in [-0.15, -0.1) is 6.58 Å². The van der Waals surface area contributed by atoms with Gasteiger partial charge in [-0.3, -0.25) is 4.79 Å². The van der Waals surface area contributed by atoms with E-state index in [0.29, 0.717) is 23.6 Å². The Morgan fingerprint density at radius 1 is 1.07 bits per heavy atom. The lowest BCUT2D eigenvalue weighted by Gasteiger charge is -2.12. The number of nitrogens with one attached hydrogen (secondary N) is 1. The minimum absolute atomic E-state index is 0.325. The molecule has 2 aromatic carbocycles. The van der Waals surface area contributed by atoms with Gasteiger partial charge in [0.1, 0.15) is 0 Å². The van der Waals surface area contributed by atoms with Gasteiger partial charge in [-0.25, -0.2) is 4.79 Å². The Kier molecular flexibility index (Phi) is 7.63. The largest absolute Gasteiger partial charge is 0.493 e. The van der Waals surface area contributed by atoms with Gasteiger partial charge in [0.15, 0.2) is 24.7 Å². The molecule has 0 saturated heterocycles. The summed E-state index contributed by atoms with van der Waals surface area (Å²) < 4.78 is 15.7. The molecule has 6 heteroatoms. The molecule has 0 aliphatic rings. The summed E-state index contributed by atoms with van der Waals surface area (Å²) in [6.07, 6.45) is 2.49. The summed E-state index contributed by atoms with van der Waals surface area (Å²) in [5.41, 5.74) is 3.75. The minimum atomic E-state index is -0.645. The Morgan fingerprint density at radius 2 is 1.86 bits per heavy atom. The number of carbonyl (C=O) groups is 2. The van der Waals surface area contributed by atoms with Gasteiger partial charge < -0.3 is 19.5 Å². The van der Waals surface area contributed by atoms with Crippen molar-refractivity contribution in [1.29, 1.82) is 0 Å². The summed E-state index contributed by atoms with van der Waals surface area (Å²) in [5.74, 6) is -0.119. The Bertz CT molecular complexity index is 860. The quantitative estimate of drug-likeness (QED) is 0.529. The first-order chi connectivity index (χ1) is 13.4. The molecule has 2 aromatic rings. The van der Waals surface area contributed by atoms with Crippen molar-refractivity contribution in [2.24, 2.45) is 0 Å². The maximum atomic E-state index is 12.0. The van der Waals surface area contributed by atoms with Gasteiger partial charge in [0.25, 0.3) is 5.91 Å². The second-order valence-corrected chi connectivity index (χ2v) is 6.29. The summed E-state index contributed by atoms with van der Waals surface area (Å²) in [4.78, 5) is 23.8. The van der Waals surface area contributed by atoms with E-state index in [-0.39, 0.29) is 13.2 Å². The number of allylic oxidation sites excluding steroid dienone is 1. The van der Waals surface area contributed by atoms with Crippen molar-refractivity contribution in [2.45, 2.75) is 20.3 Å². The molecule has 0 aliphatic heterocycles. The third-order valence-corrected chi connectivity index (χ3v) is 3.97. The summed E-state index contributed by atoms with van der Waals surface area (Å²) in [5, 5.41) is 2.72. The summed E-state index contributed by atoms with van der Waals surface area (Å²) in [7, 11) is 1.52. The zero-order valence-corrected chi connectivity index (χ0v) is 16.4. The molecule has 0 spiro atoms. The standard InChI is InChI=1S/C22H25NO5/c1-5-6-17-8-10-19(20(12-17)26-4)27-14-22(25)28-13-21(24)23-18-9-7-15(2)11-16(18)3/h5,7-12H,1,6,13-14H2,2-4H3,(H,23,24). The third kappa shape index (κ3) is 6.16. The van der Waals surface area contributed by atoms with Crippen molar-refractivity contribution in [3.63, 3.8) is 0 Å². The van der Waals surface area contributed by atoms with Gasteiger partial charge in [-0.2, -0.15) is 0 Å². The van der Waals surface area contributed by atoms with Crippen LogP contribution in [0.2, 0.25) is 0 Å². The molecule has 0 fully saturated rings. The number of rotatable bonds is 9. The van der Waals surface area contributed by atoms with Crippen LogP contribution in [0.15, 0.2) is 49.1 Å². The van der Waals surface area contributed by atoms with Crippen LogP contribution in [0.3, 0.4) is 0 Å². The molecule has 6 nitrogen and oxygen atoms in total. The van der Waals surface area contributed by atoms with Crippen molar-refractivity contribution in [3.05, 3.63) is 65.7 Å². The van der Waals surface area contributed by atoms with Gasteiger partial charge in [0, 0.05) is 5.69 Å². The number of aryl methyl sites for hydroxylation is 2. The van der Waals surface area contributed by atoms with Crippen LogP contribution in [0.1, 0.15) is 16.7 Å². The molecule has 0 atom stereocenters. The molecule has 0 radical (unpaired) electrons. The summed E-state index contributed by atoms with van der Waals surface area (Å²) >= 11 is 0. The van der Waals surface area contributed by atoms with Gasteiger partial charge in [-0.1, -0.05) is 29.8 Å². The molecule has 28 heavy (non-hydrogen) atoms. The highest BCUT2D eigenvalue weighted by Gasteiger charge is 2.12. The van der Waals surface area contributed by atoms with Crippen LogP contribution in [0, 0.1) is 13.8 Å². The van der Waals surface area contributed by atoms with Crippen molar-refractivity contribution in [2.75, 3.05) is 25.6 Å². The first-order valence-corrected chi connectivity index (χ1v) is 8.86. The SMILES string of the molecule is C=CCc1ccc(OCC(=O)OCC(=O)Nc2ccc(C)cc2C)c(OC)c1. The van der Waals surface area contributed by atoms with Crippen molar-refractivity contribution in [1.82, 2.24) is 0 Å². The molecule has 0 heterocycles. The molecular formula is C22H25NO5. The lowest BCUT2D eigenvalue weighted by Crippen LogP contribution is -2.24. The van der Waals surface area contributed by atoms with E-state index in [2.05, 4.69) is 11.9 Å². The van der Waals surface area contributed by atoms with E-state index in [1.54, 1.807) is 12.1 Å². The number of ether oxygens (including phenoxy) is 3. The summed E-state index contributed by atoms with van der Waals surface area (Å²) in [6, 6.07) is 11.1. The topological polar surface area (TPSA) is 73.9 Å². The van der Waals surface area contributed by atoms with E-state index in [1.165, 1.54) is 7.11 Å². The number of benzene rings is 2. The maximum absolute atomic E-state index is 12.0. The Hall–Kier alpha value is -3.28. The number of carbonyl (C=O) groups excluding carboxylic acids is 2. The fourth-order valence-electron chi connectivity index (χ4n) is 2.59. The number of hydrogen-bond donors (Lipinski definition) is 1. The average Bonchev–Trinajstić information content (AvgIpc) is 2.67. The average molecular weight is 383 g/mol. The van der Waals surface area contributed by atoms with E-state index in [0.717, 1.165) is 16.7 Å². The lowest BCUT2D eigenvalue weighted by molar-refractivity contribution is -0.149. The zero-order chi connectivity index (χ0) is 20.5. The number of amides is 1. The number of methoxy groups -OCH3 is 1. The molecule has 1 amide bonds. The van der Waals surface area contributed by atoms with Crippen LogP contribution in [0.5, 0.6) is 11.5 Å². The minimum Gasteiger partial charge on any atom is -0.493 e. The number of hydrogen-bond acceptors (Lipinski definition) is 5. The molecule has 1 N–H and O–H groups in total. The van der Waals surface area contributed by atoms with Crippen molar-refractivity contribution in [3.8, 4) is 11.5 Å². The lowest BCUT2D eigenvalue weighted by atomic mass is 10.1. The zero-order valence-electron chi connectivity index (χ0n) is 16.4. The molecule has 0 saturated carbocycles. The van der Waals surface area contributed by atoms with Crippen LogP contribution >= 0.6 is 0 Å². The van der Waals surface area contributed by atoms with E-state index < -0.39 is 11.9 Å². The Morgan fingerprint density at radius 3 is 2.54 bits per heavy atom. The highest BCUT2D eigenvalue weighted by atomic mass is 16.6.